The van der Waals surface area contributed by atoms with Crippen molar-refractivity contribution in [2.24, 2.45) is 0 Å². The zero-order chi connectivity index (χ0) is 25.2. The molecule has 1 saturated heterocycles. The Morgan fingerprint density at radius 1 is 0.750 bits per heavy atom. The summed E-state index contributed by atoms with van der Waals surface area (Å²) in [5, 5.41) is 2.74. The van der Waals surface area contributed by atoms with Crippen LogP contribution in [0.2, 0.25) is 0 Å². The number of hydrogen-bond donors (Lipinski definition) is 1. The lowest BCUT2D eigenvalue weighted by atomic mass is 10.1. The standard InChI is InChI=1S/C29H31N3O4/c33-27(24-9-5-2-6-10-24)15-16-29(35)36-22-28(34)30-25-11-13-26(14-12-25)32-19-17-31(18-20-32)21-23-7-3-1-4-8-23/h1-14H,15-22H2,(H,30,34). The highest BCUT2D eigenvalue weighted by atomic mass is 16.5. The average Bonchev–Trinajstić information content (AvgIpc) is 2.92. The van der Waals surface area contributed by atoms with E-state index in [1.165, 1.54) is 5.56 Å². The van der Waals surface area contributed by atoms with Crippen LogP contribution in [0.1, 0.15) is 28.8 Å². The molecule has 0 aromatic heterocycles. The fourth-order valence-electron chi connectivity index (χ4n) is 4.16. The second-order valence-electron chi connectivity index (χ2n) is 8.79. The largest absolute Gasteiger partial charge is 0.456 e. The number of carbonyl (C=O) groups is 3. The quantitative estimate of drug-likeness (QED) is 0.343. The van der Waals surface area contributed by atoms with Crippen molar-refractivity contribution >= 4 is 29.0 Å². The number of esters is 1. The lowest BCUT2D eigenvalue weighted by Crippen LogP contribution is -2.45. The zero-order valence-electron chi connectivity index (χ0n) is 20.3. The van der Waals surface area contributed by atoms with E-state index >= 15 is 0 Å². The smallest absolute Gasteiger partial charge is 0.306 e. The summed E-state index contributed by atoms with van der Waals surface area (Å²) in [6.45, 7) is 4.46. The molecule has 0 atom stereocenters. The summed E-state index contributed by atoms with van der Waals surface area (Å²) in [7, 11) is 0. The third-order valence-electron chi connectivity index (χ3n) is 6.15. The number of benzene rings is 3. The van der Waals surface area contributed by atoms with Gasteiger partial charge in [-0.15, -0.1) is 0 Å². The van der Waals surface area contributed by atoms with Crippen LogP contribution in [-0.4, -0.2) is 55.3 Å². The van der Waals surface area contributed by atoms with E-state index in [1.807, 2.05) is 36.4 Å². The summed E-state index contributed by atoms with van der Waals surface area (Å²) in [5.41, 5.74) is 3.64. The molecule has 0 spiro atoms. The van der Waals surface area contributed by atoms with Crippen molar-refractivity contribution < 1.29 is 19.1 Å². The van der Waals surface area contributed by atoms with Crippen LogP contribution >= 0.6 is 0 Å². The Hall–Kier alpha value is -3.97. The summed E-state index contributed by atoms with van der Waals surface area (Å²) >= 11 is 0. The average molecular weight is 486 g/mol. The van der Waals surface area contributed by atoms with Gasteiger partial charge in [-0.1, -0.05) is 60.7 Å². The van der Waals surface area contributed by atoms with Crippen molar-refractivity contribution in [3.05, 3.63) is 96.1 Å². The van der Waals surface area contributed by atoms with Crippen LogP contribution in [-0.2, 0) is 20.9 Å². The molecule has 0 saturated carbocycles. The van der Waals surface area contributed by atoms with E-state index in [1.54, 1.807) is 24.3 Å². The van der Waals surface area contributed by atoms with E-state index in [0.717, 1.165) is 38.4 Å². The first-order chi connectivity index (χ1) is 17.6. The molecule has 1 N–H and O–H groups in total. The van der Waals surface area contributed by atoms with Gasteiger partial charge in [0.15, 0.2) is 12.4 Å². The predicted octanol–water partition coefficient (Wildman–Crippen LogP) is 4.15. The van der Waals surface area contributed by atoms with Gasteiger partial charge in [0.2, 0.25) is 0 Å². The van der Waals surface area contributed by atoms with Crippen LogP contribution in [0.3, 0.4) is 0 Å². The first-order valence-corrected chi connectivity index (χ1v) is 12.2. The molecule has 1 amide bonds. The molecule has 1 heterocycles. The minimum absolute atomic E-state index is 0.0481. The van der Waals surface area contributed by atoms with Gasteiger partial charge in [0.25, 0.3) is 5.91 Å². The summed E-state index contributed by atoms with van der Waals surface area (Å²) in [6, 6.07) is 27.0. The van der Waals surface area contributed by atoms with E-state index in [-0.39, 0.29) is 25.2 Å². The zero-order valence-corrected chi connectivity index (χ0v) is 20.3. The van der Waals surface area contributed by atoms with Gasteiger partial charge in [0, 0.05) is 56.1 Å². The Bertz CT molecular complexity index is 1140. The molecule has 1 fully saturated rings. The maximum Gasteiger partial charge on any atom is 0.306 e. The Morgan fingerprint density at radius 3 is 2.06 bits per heavy atom. The lowest BCUT2D eigenvalue weighted by Gasteiger charge is -2.36. The van der Waals surface area contributed by atoms with Crippen molar-refractivity contribution in [3.8, 4) is 0 Å². The lowest BCUT2D eigenvalue weighted by molar-refractivity contribution is -0.147. The van der Waals surface area contributed by atoms with Crippen LogP contribution < -0.4 is 10.2 Å². The van der Waals surface area contributed by atoms with Gasteiger partial charge in [0.1, 0.15) is 0 Å². The fourth-order valence-corrected chi connectivity index (χ4v) is 4.16. The molecule has 1 aliphatic heterocycles. The maximum absolute atomic E-state index is 12.2. The van der Waals surface area contributed by atoms with E-state index in [0.29, 0.717) is 11.3 Å². The summed E-state index contributed by atoms with van der Waals surface area (Å²) in [5.74, 6) is -1.12. The van der Waals surface area contributed by atoms with E-state index < -0.39 is 11.9 Å². The van der Waals surface area contributed by atoms with Crippen molar-refractivity contribution in [1.82, 2.24) is 4.90 Å². The third kappa shape index (κ3) is 7.52. The van der Waals surface area contributed by atoms with Crippen LogP contribution in [0, 0.1) is 0 Å². The van der Waals surface area contributed by atoms with Gasteiger partial charge in [-0.3, -0.25) is 19.3 Å². The molecule has 7 heteroatoms. The number of piperazine rings is 1. The highest BCUT2D eigenvalue weighted by Crippen LogP contribution is 2.20. The fraction of sp³-hybridized carbons (Fsp3) is 0.276. The van der Waals surface area contributed by atoms with Crippen LogP contribution in [0.25, 0.3) is 0 Å². The van der Waals surface area contributed by atoms with Gasteiger partial charge in [-0.25, -0.2) is 0 Å². The Morgan fingerprint density at radius 2 is 1.39 bits per heavy atom. The molecule has 3 aromatic carbocycles. The second-order valence-corrected chi connectivity index (χ2v) is 8.79. The highest BCUT2D eigenvalue weighted by molar-refractivity contribution is 5.98. The third-order valence-corrected chi connectivity index (χ3v) is 6.15. The normalized spacial score (nSPS) is 13.7. The number of carbonyl (C=O) groups excluding carboxylic acids is 3. The molecule has 186 valence electrons. The molecule has 0 aliphatic carbocycles. The number of ketones is 1. The number of nitrogens with one attached hydrogen (secondary N) is 1. The van der Waals surface area contributed by atoms with Crippen molar-refractivity contribution in [3.63, 3.8) is 0 Å². The minimum atomic E-state index is -0.573. The number of rotatable bonds is 10. The van der Waals surface area contributed by atoms with Crippen LogP contribution in [0.15, 0.2) is 84.9 Å². The van der Waals surface area contributed by atoms with E-state index in [9.17, 15) is 14.4 Å². The second kappa shape index (κ2) is 12.7. The van der Waals surface area contributed by atoms with Crippen molar-refractivity contribution in [2.45, 2.75) is 19.4 Å². The van der Waals surface area contributed by atoms with Gasteiger partial charge in [-0.2, -0.15) is 0 Å². The summed E-state index contributed by atoms with van der Waals surface area (Å²) in [6.07, 6.45) is -0.0131. The molecular weight excluding hydrogens is 454 g/mol. The molecule has 0 bridgehead atoms. The minimum Gasteiger partial charge on any atom is -0.456 e. The van der Waals surface area contributed by atoms with Crippen molar-refractivity contribution in [2.75, 3.05) is 43.0 Å². The monoisotopic (exact) mass is 485 g/mol. The number of Topliss-reactive ketones (excluding diaryl/α,β-unsaturated/α-hetero) is 1. The topological polar surface area (TPSA) is 78.9 Å². The van der Waals surface area contributed by atoms with Gasteiger partial charge < -0.3 is 15.0 Å². The Kier molecular flexibility index (Phi) is 8.83. The highest BCUT2D eigenvalue weighted by Gasteiger charge is 2.17. The summed E-state index contributed by atoms with van der Waals surface area (Å²) < 4.78 is 5.02. The first-order valence-electron chi connectivity index (χ1n) is 12.2. The molecule has 36 heavy (non-hydrogen) atoms. The van der Waals surface area contributed by atoms with Gasteiger partial charge in [0.05, 0.1) is 6.42 Å². The predicted molar refractivity (Wildman–Crippen MR) is 140 cm³/mol. The number of anilines is 2. The van der Waals surface area contributed by atoms with Crippen LogP contribution in [0.5, 0.6) is 0 Å². The number of hydrogen-bond acceptors (Lipinski definition) is 6. The summed E-state index contributed by atoms with van der Waals surface area (Å²) in [4.78, 5) is 41.0. The molecule has 0 unspecified atom stereocenters. The molecule has 1 aliphatic rings. The Balaban J connectivity index is 1.15. The number of amides is 1. The van der Waals surface area contributed by atoms with Crippen molar-refractivity contribution in [1.29, 1.82) is 0 Å². The molecule has 7 nitrogen and oxygen atoms in total. The number of nitrogens with zero attached hydrogens (tertiary/aromatic N) is 2. The maximum atomic E-state index is 12.2. The van der Waals surface area contributed by atoms with E-state index in [2.05, 4.69) is 39.4 Å². The molecule has 0 radical (unpaired) electrons. The number of ether oxygens (including phenoxy) is 1. The van der Waals surface area contributed by atoms with Gasteiger partial charge >= 0.3 is 5.97 Å². The molecule has 4 rings (SSSR count). The van der Waals surface area contributed by atoms with E-state index in [4.69, 9.17) is 4.74 Å². The first kappa shape index (κ1) is 25.1. The van der Waals surface area contributed by atoms with Gasteiger partial charge in [-0.05, 0) is 29.8 Å². The Labute approximate surface area is 211 Å². The molecule has 3 aromatic rings. The molecular formula is C29H31N3O4. The van der Waals surface area contributed by atoms with Crippen LogP contribution in [0.4, 0.5) is 11.4 Å². The SMILES string of the molecule is O=C(COC(=O)CCC(=O)c1ccccc1)Nc1ccc(N2CCN(Cc3ccccc3)CC2)cc1.